The quantitative estimate of drug-likeness (QED) is 0.616. The number of nitrogens with zero attached hydrogens (tertiary/aromatic N) is 4. The summed E-state index contributed by atoms with van der Waals surface area (Å²) in [5, 5.41) is 11.7. The lowest BCUT2D eigenvalue weighted by atomic mass is 10.0. The normalized spacial score (nSPS) is 12.4. The predicted octanol–water partition coefficient (Wildman–Crippen LogP) is 1.63. The standard InChI is InChI=1S/C16H23N5OS/c1-12-5-7-13(8-6-12)14(20(2)3)15(22)17-9-10-23-16-19-18-11-21(16)4/h5-8,11,14H,9-10H2,1-4H3,(H,17,22). The first-order valence-electron chi connectivity index (χ1n) is 7.46. The highest BCUT2D eigenvalue weighted by Gasteiger charge is 2.22. The van der Waals surface area contributed by atoms with Gasteiger partial charge in [-0.2, -0.15) is 0 Å². The lowest BCUT2D eigenvalue weighted by Crippen LogP contribution is -2.38. The Labute approximate surface area is 141 Å². The predicted molar refractivity (Wildman–Crippen MR) is 92.3 cm³/mol. The zero-order valence-electron chi connectivity index (χ0n) is 14.0. The maximum Gasteiger partial charge on any atom is 0.241 e. The minimum atomic E-state index is -0.282. The molecule has 0 aliphatic rings. The SMILES string of the molecule is Cc1ccc(C(C(=O)NCCSc2nncn2C)N(C)C)cc1. The number of hydrogen-bond donors (Lipinski definition) is 1. The molecule has 6 nitrogen and oxygen atoms in total. The second-order valence-electron chi connectivity index (χ2n) is 5.64. The van der Waals surface area contributed by atoms with Gasteiger partial charge in [-0.3, -0.25) is 9.69 Å². The van der Waals surface area contributed by atoms with Gasteiger partial charge in [-0.05, 0) is 26.6 Å². The highest BCUT2D eigenvalue weighted by molar-refractivity contribution is 7.99. The Kier molecular flexibility index (Phi) is 6.18. The molecule has 0 saturated heterocycles. The fourth-order valence-electron chi connectivity index (χ4n) is 2.25. The summed E-state index contributed by atoms with van der Waals surface area (Å²) in [6.45, 7) is 2.63. The number of amides is 1. The van der Waals surface area contributed by atoms with Gasteiger partial charge >= 0.3 is 0 Å². The Balaban J connectivity index is 1.89. The van der Waals surface area contributed by atoms with Gasteiger partial charge in [-0.15, -0.1) is 10.2 Å². The van der Waals surface area contributed by atoms with Crippen LogP contribution in [0.4, 0.5) is 0 Å². The summed E-state index contributed by atoms with van der Waals surface area (Å²) in [4.78, 5) is 14.4. The number of likely N-dealkylation sites (N-methyl/N-ethyl adjacent to an activating group) is 1. The van der Waals surface area contributed by atoms with E-state index in [1.807, 2.05) is 61.8 Å². The van der Waals surface area contributed by atoms with Gasteiger partial charge in [-0.1, -0.05) is 41.6 Å². The van der Waals surface area contributed by atoms with Crippen molar-refractivity contribution in [2.24, 2.45) is 7.05 Å². The number of thioether (sulfide) groups is 1. The summed E-state index contributed by atoms with van der Waals surface area (Å²) >= 11 is 1.57. The van der Waals surface area contributed by atoms with Crippen molar-refractivity contribution in [1.29, 1.82) is 0 Å². The molecule has 1 amide bonds. The van der Waals surface area contributed by atoms with Crippen molar-refractivity contribution in [3.63, 3.8) is 0 Å². The number of carbonyl (C=O) groups excluding carboxylic acids is 1. The molecule has 1 aromatic heterocycles. The minimum absolute atomic E-state index is 0.0115. The number of aryl methyl sites for hydroxylation is 2. The van der Waals surface area contributed by atoms with Crippen molar-refractivity contribution in [3.05, 3.63) is 41.7 Å². The van der Waals surface area contributed by atoms with E-state index in [-0.39, 0.29) is 11.9 Å². The topological polar surface area (TPSA) is 63.1 Å². The summed E-state index contributed by atoms with van der Waals surface area (Å²) < 4.78 is 1.86. The van der Waals surface area contributed by atoms with Gasteiger partial charge in [0, 0.05) is 19.3 Å². The van der Waals surface area contributed by atoms with Gasteiger partial charge in [0.15, 0.2) is 5.16 Å². The van der Waals surface area contributed by atoms with Gasteiger partial charge in [0.2, 0.25) is 5.91 Å². The molecule has 1 heterocycles. The van der Waals surface area contributed by atoms with Crippen molar-refractivity contribution in [1.82, 2.24) is 25.0 Å². The molecular weight excluding hydrogens is 310 g/mol. The lowest BCUT2D eigenvalue weighted by molar-refractivity contribution is -0.125. The second kappa shape index (κ2) is 8.12. The zero-order chi connectivity index (χ0) is 16.8. The number of hydrogen-bond acceptors (Lipinski definition) is 5. The van der Waals surface area contributed by atoms with Crippen LogP contribution in [0.3, 0.4) is 0 Å². The van der Waals surface area contributed by atoms with E-state index >= 15 is 0 Å². The van der Waals surface area contributed by atoms with Gasteiger partial charge in [0.05, 0.1) is 0 Å². The molecule has 1 aromatic carbocycles. The molecule has 1 atom stereocenters. The molecule has 0 aliphatic heterocycles. The monoisotopic (exact) mass is 333 g/mol. The first kappa shape index (κ1) is 17.5. The summed E-state index contributed by atoms with van der Waals surface area (Å²) in [5.41, 5.74) is 2.19. The van der Waals surface area contributed by atoms with Crippen LogP contribution in [-0.4, -0.2) is 52.0 Å². The van der Waals surface area contributed by atoms with E-state index in [1.54, 1.807) is 18.1 Å². The van der Waals surface area contributed by atoms with Crippen LogP contribution in [0.2, 0.25) is 0 Å². The molecule has 0 radical (unpaired) electrons. The van der Waals surface area contributed by atoms with E-state index in [2.05, 4.69) is 15.5 Å². The van der Waals surface area contributed by atoms with Gasteiger partial charge in [0.1, 0.15) is 12.4 Å². The van der Waals surface area contributed by atoms with Crippen LogP contribution in [0.1, 0.15) is 17.2 Å². The van der Waals surface area contributed by atoms with Crippen LogP contribution in [0.25, 0.3) is 0 Å². The third-order valence-electron chi connectivity index (χ3n) is 3.46. The summed E-state index contributed by atoms with van der Waals surface area (Å²) in [6.07, 6.45) is 1.67. The van der Waals surface area contributed by atoms with Gasteiger partial charge in [0.25, 0.3) is 0 Å². The molecule has 1 N–H and O–H groups in total. The molecule has 7 heteroatoms. The van der Waals surface area contributed by atoms with Crippen molar-refractivity contribution < 1.29 is 4.79 Å². The molecule has 2 aromatic rings. The van der Waals surface area contributed by atoms with Crippen LogP contribution < -0.4 is 5.32 Å². The van der Waals surface area contributed by atoms with E-state index in [4.69, 9.17) is 0 Å². The molecular formula is C16H23N5OS. The third-order valence-corrected chi connectivity index (χ3v) is 4.50. The summed E-state index contributed by atoms with van der Waals surface area (Å²) in [7, 11) is 5.73. The van der Waals surface area contributed by atoms with Crippen LogP contribution in [-0.2, 0) is 11.8 Å². The van der Waals surface area contributed by atoms with Crippen LogP contribution in [0, 0.1) is 6.92 Å². The van der Waals surface area contributed by atoms with E-state index in [0.29, 0.717) is 6.54 Å². The second-order valence-corrected chi connectivity index (χ2v) is 6.70. The van der Waals surface area contributed by atoms with Crippen molar-refractivity contribution in [3.8, 4) is 0 Å². The first-order valence-corrected chi connectivity index (χ1v) is 8.45. The third kappa shape index (κ3) is 4.80. The van der Waals surface area contributed by atoms with Crippen molar-refractivity contribution in [2.75, 3.05) is 26.4 Å². The molecule has 0 fully saturated rings. The number of rotatable bonds is 7. The molecule has 1 unspecified atom stereocenters. The van der Waals surface area contributed by atoms with Gasteiger partial charge in [-0.25, -0.2) is 0 Å². The van der Waals surface area contributed by atoms with E-state index in [9.17, 15) is 4.79 Å². The van der Waals surface area contributed by atoms with Crippen molar-refractivity contribution in [2.45, 2.75) is 18.1 Å². The highest BCUT2D eigenvalue weighted by atomic mass is 32.2. The fourth-order valence-corrected chi connectivity index (χ4v) is 2.99. The molecule has 0 bridgehead atoms. The molecule has 124 valence electrons. The average Bonchev–Trinajstić information content (AvgIpc) is 2.91. The first-order chi connectivity index (χ1) is 11.0. The van der Waals surface area contributed by atoms with E-state index < -0.39 is 0 Å². The molecule has 2 rings (SSSR count). The molecule has 0 aliphatic carbocycles. The average molecular weight is 333 g/mol. The minimum Gasteiger partial charge on any atom is -0.354 e. The maximum atomic E-state index is 12.5. The van der Waals surface area contributed by atoms with Crippen molar-refractivity contribution >= 4 is 17.7 Å². The number of nitrogens with one attached hydrogen (secondary N) is 1. The largest absolute Gasteiger partial charge is 0.354 e. The smallest absolute Gasteiger partial charge is 0.241 e. The lowest BCUT2D eigenvalue weighted by Gasteiger charge is -2.24. The Morgan fingerprint density at radius 2 is 2.04 bits per heavy atom. The number of benzene rings is 1. The van der Waals surface area contributed by atoms with Crippen LogP contribution in [0.5, 0.6) is 0 Å². The van der Waals surface area contributed by atoms with Crippen LogP contribution in [0.15, 0.2) is 35.7 Å². The molecule has 0 saturated carbocycles. The van der Waals surface area contributed by atoms with Crippen LogP contribution >= 0.6 is 11.8 Å². The Hall–Kier alpha value is -1.86. The van der Waals surface area contributed by atoms with Gasteiger partial charge < -0.3 is 9.88 Å². The van der Waals surface area contributed by atoms with E-state index in [1.165, 1.54) is 5.56 Å². The highest BCUT2D eigenvalue weighted by Crippen LogP contribution is 2.19. The zero-order valence-corrected chi connectivity index (χ0v) is 14.8. The molecule has 23 heavy (non-hydrogen) atoms. The number of aromatic nitrogens is 3. The Bertz CT molecular complexity index is 638. The maximum absolute atomic E-state index is 12.5. The summed E-state index contributed by atoms with van der Waals surface area (Å²) in [5.74, 6) is 0.768. The fraction of sp³-hybridized carbons (Fsp3) is 0.438. The Morgan fingerprint density at radius 1 is 1.35 bits per heavy atom. The summed E-state index contributed by atoms with van der Waals surface area (Å²) in [6, 6.07) is 7.80. The Morgan fingerprint density at radius 3 is 2.61 bits per heavy atom. The molecule has 0 spiro atoms. The van der Waals surface area contributed by atoms with E-state index in [0.717, 1.165) is 16.5 Å². The number of carbonyl (C=O) groups is 1.